The molecule has 6 heteroatoms. The zero-order valence-electron chi connectivity index (χ0n) is 15.0. The van der Waals surface area contributed by atoms with Gasteiger partial charge in [-0.2, -0.15) is 11.8 Å². The minimum absolute atomic E-state index is 0.350. The molecule has 2 aromatic carbocycles. The molecule has 0 saturated carbocycles. The van der Waals surface area contributed by atoms with Crippen molar-refractivity contribution in [3.63, 3.8) is 0 Å². The number of amides is 2. The predicted octanol–water partition coefficient (Wildman–Crippen LogP) is 3.27. The lowest BCUT2D eigenvalue weighted by molar-refractivity contribution is -0.130. The van der Waals surface area contributed by atoms with Crippen molar-refractivity contribution in [1.29, 1.82) is 0 Å². The van der Waals surface area contributed by atoms with Crippen LogP contribution >= 0.6 is 11.8 Å². The molecule has 0 spiro atoms. The molecule has 0 radical (unpaired) electrons. The molecule has 5 nitrogen and oxygen atoms in total. The second kappa shape index (κ2) is 9.99. The third kappa shape index (κ3) is 5.34. The summed E-state index contributed by atoms with van der Waals surface area (Å²) < 4.78 is 0. The van der Waals surface area contributed by atoms with Crippen LogP contribution in [0.5, 0.6) is 0 Å². The van der Waals surface area contributed by atoms with E-state index in [-0.39, 0.29) is 5.91 Å². The fourth-order valence-corrected chi connectivity index (χ4v) is 3.20. The quantitative estimate of drug-likeness (QED) is 0.491. The highest BCUT2D eigenvalue weighted by molar-refractivity contribution is 7.98. The highest BCUT2D eigenvalue weighted by Crippen LogP contribution is 2.21. The number of thioether (sulfide) groups is 1. The lowest BCUT2D eigenvalue weighted by Crippen LogP contribution is -2.47. The van der Waals surface area contributed by atoms with E-state index in [4.69, 9.17) is 5.21 Å². The number of hydrogen-bond donors (Lipinski definition) is 3. The van der Waals surface area contributed by atoms with Gasteiger partial charge in [-0.1, -0.05) is 49.7 Å². The fourth-order valence-electron chi connectivity index (χ4n) is 2.64. The topological polar surface area (TPSA) is 78.4 Å². The SMILES string of the molecule is CCCc1ccc(-c2ccc(C(=O)NC(CSC)C(=O)NO)cc2)cc1. The first-order valence-corrected chi connectivity index (χ1v) is 9.91. The van der Waals surface area contributed by atoms with E-state index in [2.05, 4.69) is 36.5 Å². The lowest BCUT2D eigenvalue weighted by atomic mass is 10.0. The van der Waals surface area contributed by atoms with Crippen molar-refractivity contribution < 1.29 is 14.8 Å². The molecule has 1 atom stereocenters. The van der Waals surface area contributed by atoms with Crippen LogP contribution in [0.25, 0.3) is 11.1 Å². The lowest BCUT2D eigenvalue weighted by Gasteiger charge is -2.15. The van der Waals surface area contributed by atoms with Gasteiger partial charge in [-0.05, 0) is 41.5 Å². The van der Waals surface area contributed by atoms with E-state index in [0.717, 1.165) is 24.0 Å². The number of hydrogen-bond acceptors (Lipinski definition) is 4. The summed E-state index contributed by atoms with van der Waals surface area (Å²) in [5, 5.41) is 11.4. The number of nitrogens with one attached hydrogen (secondary N) is 2. The van der Waals surface area contributed by atoms with Gasteiger partial charge >= 0.3 is 0 Å². The average Bonchev–Trinajstić information content (AvgIpc) is 2.68. The van der Waals surface area contributed by atoms with E-state index in [9.17, 15) is 9.59 Å². The van der Waals surface area contributed by atoms with Crippen molar-refractivity contribution >= 4 is 23.6 Å². The van der Waals surface area contributed by atoms with Crippen molar-refractivity contribution in [2.24, 2.45) is 0 Å². The normalized spacial score (nSPS) is 11.7. The first-order valence-electron chi connectivity index (χ1n) is 8.52. The Morgan fingerprint density at radius 1 is 1.04 bits per heavy atom. The molecule has 0 aromatic heterocycles. The number of hydroxylamine groups is 1. The maximum atomic E-state index is 12.3. The maximum Gasteiger partial charge on any atom is 0.266 e. The molecule has 0 aliphatic carbocycles. The Labute approximate surface area is 158 Å². The van der Waals surface area contributed by atoms with Gasteiger partial charge in [0.15, 0.2) is 0 Å². The molecule has 0 fully saturated rings. The zero-order valence-corrected chi connectivity index (χ0v) is 15.8. The predicted molar refractivity (Wildman–Crippen MR) is 105 cm³/mol. The summed E-state index contributed by atoms with van der Waals surface area (Å²) in [5.41, 5.74) is 5.48. The molecule has 138 valence electrons. The van der Waals surface area contributed by atoms with Crippen LogP contribution in [0.15, 0.2) is 48.5 Å². The van der Waals surface area contributed by atoms with Gasteiger partial charge in [-0.15, -0.1) is 0 Å². The smallest absolute Gasteiger partial charge is 0.266 e. The number of benzene rings is 2. The molecule has 3 N–H and O–H groups in total. The average molecular weight is 372 g/mol. The van der Waals surface area contributed by atoms with Crippen LogP contribution in [0.2, 0.25) is 0 Å². The maximum absolute atomic E-state index is 12.3. The highest BCUT2D eigenvalue weighted by atomic mass is 32.2. The number of carbonyl (C=O) groups excluding carboxylic acids is 2. The largest absolute Gasteiger partial charge is 0.339 e. The van der Waals surface area contributed by atoms with Gasteiger partial charge in [0.2, 0.25) is 0 Å². The molecule has 2 aromatic rings. The molecule has 2 amide bonds. The molecule has 2 rings (SSSR count). The van der Waals surface area contributed by atoms with E-state index in [1.165, 1.54) is 17.3 Å². The summed E-state index contributed by atoms with van der Waals surface area (Å²) in [5.74, 6) is -0.602. The van der Waals surface area contributed by atoms with Gasteiger partial charge < -0.3 is 5.32 Å². The van der Waals surface area contributed by atoms with Crippen LogP contribution in [0, 0.1) is 0 Å². The molecule has 0 saturated heterocycles. The molecule has 0 aliphatic rings. The van der Waals surface area contributed by atoms with E-state index in [1.54, 1.807) is 17.6 Å². The van der Waals surface area contributed by atoms with E-state index >= 15 is 0 Å². The van der Waals surface area contributed by atoms with Crippen LogP contribution < -0.4 is 10.8 Å². The fraction of sp³-hybridized carbons (Fsp3) is 0.300. The molecular formula is C20H24N2O3S. The molecular weight excluding hydrogens is 348 g/mol. The summed E-state index contributed by atoms with van der Waals surface area (Å²) in [6, 6.07) is 14.9. The van der Waals surface area contributed by atoms with Gasteiger partial charge in [0, 0.05) is 11.3 Å². The monoisotopic (exact) mass is 372 g/mol. The third-order valence-corrected chi connectivity index (χ3v) is 4.71. The summed E-state index contributed by atoms with van der Waals surface area (Å²) in [7, 11) is 0. The van der Waals surface area contributed by atoms with Crippen LogP contribution in [0.3, 0.4) is 0 Å². The van der Waals surface area contributed by atoms with E-state index in [1.807, 2.05) is 18.4 Å². The van der Waals surface area contributed by atoms with Crippen molar-refractivity contribution in [1.82, 2.24) is 10.8 Å². The summed E-state index contributed by atoms with van der Waals surface area (Å²) in [4.78, 5) is 23.9. The summed E-state index contributed by atoms with van der Waals surface area (Å²) in [6.07, 6.45) is 4.01. The van der Waals surface area contributed by atoms with Gasteiger partial charge in [0.25, 0.3) is 11.8 Å². The Morgan fingerprint density at radius 2 is 1.62 bits per heavy atom. The Kier molecular flexibility index (Phi) is 7.69. The number of aryl methyl sites for hydroxylation is 1. The minimum atomic E-state index is -0.784. The van der Waals surface area contributed by atoms with Crippen molar-refractivity contribution in [3.8, 4) is 11.1 Å². The van der Waals surface area contributed by atoms with Crippen LogP contribution in [-0.4, -0.2) is 35.1 Å². The Morgan fingerprint density at radius 3 is 2.12 bits per heavy atom. The summed E-state index contributed by atoms with van der Waals surface area (Å²) >= 11 is 1.41. The first kappa shape index (κ1) is 20.0. The highest BCUT2D eigenvalue weighted by Gasteiger charge is 2.20. The van der Waals surface area contributed by atoms with Crippen molar-refractivity contribution in [2.75, 3.05) is 12.0 Å². The van der Waals surface area contributed by atoms with Crippen LogP contribution in [0.4, 0.5) is 0 Å². The van der Waals surface area contributed by atoms with Gasteiger partial charge in [-0.3, -0.25) is 14.8 Å². The first-order chi connectivity index (χ1) is 12.6. The molecule has 26 heavy (non-hydrogen) atoms. The van der Waals surface area contributed by atoms with Crippen LogP contribution in [0.1, 0.15) is 29.3 Å². The number of carbonyl (C=O) groups is 2. The minimum Gasteiger partial charge on any atom is -0.339 e. The third-order valence-electron chi connectivity index (χ3n) is 4.04. The van der Waals surface area contributed by atoms with Gasteiger partial charge in [-0.25, -0.2) is 5.48 Å². The van der Waals surface area contributed by atoms with E-state index in [0.29, 0.717) is 11.3 Å². The number of rotatable bonds is 8. The molecule has 1 unspecified atom stereocenters. The van der Waals surface area contributed by atoms with Crippen LogP contribution in [-0.2, 0) is 11.2 Å². The Balaban J connectivity index is 2.08. The van der Waals surface area contributed by atoms with Crippen molar-refractivity contribution in [2.45, 2.75) is 25.8 Å². The van der Waals surface area contributed by atoms with Gasteiger partial charge in [0.1, 0.15) is 6.04 Å². The Bertz CT molecular complexity index is 730. The summed E-state index contributed by atoms with van der Waals surface area (Å²) in [6.45, 7) is 2.16. The molecule has 0 aliphatic heterocycles. The van der Waals surface area contributed by atoms with Gasteiger partial charge in [0.05, 0.1) is 0 Å². The van der Waals surface area contributed by atoms with Crippen molar-refractivity contribution in [3.05, 3.63) is 59.7 Å². The van der Waals surface area contributed by atoms with E-state index < -0.39 is 11.9 Å². The Hall–Kier alpha value is -2.31. The second-order valence-electron chi connectivity index (χ2n) is 5.98. The molecule has 0 heterocycles. The standard InChI is InChI=1S/C20H24N2O3S/c1-3-4-14-5-7-15(8-6-14)16-9-11-17(12-10-16)19(23)21-18(13-26-2)20(24)22-25/h5-12,18,25H,3-4,13H2,1-2H3,(H,21,23)(H,22,24). The zero-order chi connectivity index (χ0) is 18.9. The second-order valence-corrected chi connectivity index (χ2v) is 6.89. The molecule has 0 bridgehead atoms.